The second-order valence-electron chi connectivity index (χ2n) is 6.53. The standard InChI is InChI=1S/C21H17IN2O6S/c1-12-2-5-14(6-3-12)23-18(25)10-24-20(28)17(31-21(24)29)9-13-4-7-16(15(22)8-13)30-11-19(26)27/h2-9H,10-11H2,1H3,(H,23,25)(H,26,27)/p-1/b17-9-. The quantitative estimate of drug-likeness (QED) is 0.415. The fraction of sp³-hybridized carbons (Fsp3) is 0.143. The molecule has 1 heterocycles. The van der Waals surface area contributed by atoms with Crippen molar-refractivity contribution in [1.82, 2.24) is 4.90 Å². The van der Waals surface area contributed by atoms with Gasteiger partial charge in [0.25, 0.3) is 11.1 Å². The largest absolute Gasteiger partial charge is 0.546 e. The van der Waals surface area contributed by atoms with E-state index >= 15 is 0 Å². The molecule has 10 heteroatoms. The maximum absolute atomic E-state index is 12.6. The molecule has 0 aliphatic carbocycles. The van der Waals surface area contributed by atoms with Gasteiger partial charge >= 0.3 is 0 Å². The number of carbonyl (C=O) groups excluding carboxylic acids is 4. The van der Waals surface area contributed by atoms with Crippen LogP contribution in [0.4, 0.5) is 10.5 Å². The summed E-state index contributed by atoms with van der Waals surface area (Å²) < 4.78 is 5.74. The van der Waals surface area contributed by atoms with Crippen molar-refractivity contribution >= 4 is 69.1 Å². The van der Waals surface area contributed by atoms with Crippen LogP contribution in [0.15, 0.2) is 47.4 Å². The normalized spacial score (nSPS) is 14.8. The number of nitrogens with one attached hydrogen (secondary N) is 1. The number of hydrogen-bond acceptors (Lipinski definition) is 7. The number of imide groups is 1. The van der Waals surface area contributed by atoms with Crippen molar-refractivity contribution in [2.45, 2.75) is 6.92 Å². The second-order valence-corrected chi connectivity index (χ2v) is 8.69. The van der Waals surface area contributed by atoms with Gasteiger partial charge in [0.1, 0.15) is 18.9 Å². The Hall–Kier alpha value is -2.86. The number of carboxylic acid groups (broad SMARTS) is 1. The number of carbonyl (C=O) groups is 4. The van der Waals surface area contributed by atoms with E-state index in [0.717, 1.165) is 22.2 Å². The zero-order valence-corrected chi connectivity index (χ0v) is 19.2. The minimum absolute atomic E-state index is 0.187. The number of ether oxygens (including phenoxy) is 1. The van der Waals surface area contributed by atoms with Crippen LogP contribution in [0.3, 0.4) is 0 Å². The smallest absolute Gasteiger partial charge is 0.294 e. The number of aryl methyl sites for hydroxylation is 1. The van der Waals surface area contributed by atoms with Crippen molar-refractivity contribution in [3.8, 4) is 5.75 Å². The Balaban J connectivity index is 1.67. The van der Waals surface area contributed by atoms with Crippen LogP contribution < -0.4 is 15.2 Å². The number of nitrogens with zero attached hydrogens (tertiary/aromatic N) is 1. The molecule has 0 aromatic heterocycles. The first-order chi connectivity index (χ1) is 14.7. The molecule has 0 atom stereocenters. The summed E-state index contributed by atoms with van der Waals surface area (Å²) in [7, 11) is 0. The highest BCUT2D eigenvalue weighted by molar-refractivity contribution is 14.1. The Kier molecular flexibility index (Phi) is 7.33. The van der Waals surface area contributed by atoms with Gasteiger partial charge in [-0.1, -0.05) is 23.8 Å². The number of amides is 3. The zero-order chi connectivity index (χ0) is 22.5. The molecule has 1 aliphatic rings. The number of carboxylic acids is 1. The first-order valence-corrected chi connectivity index (χ1v) is 10.9. The van der Waals surface area contributed by atoms with Crippen molar-refractivity contribution < 1.29 is 29.0 Å². The number of benzene rings is 2. The van der Waals surface area contributed by atoms with Gasteiger partial charge in [-0.15, -0.1) is 0 Å². The first-order valence-electron chi connectivity index (χ1n) is 8.97. The van der Waals surface area contributed by atoms with Crippen LogP contribution >= 0.6 is 34.4 Å². The third kappa shape index (κ3) is 6.07. The average molecular weight is 551 g/mol. The third-order valence-corrected chi connectivity index (χ3v) is 5.86. The van der Waals surface area contributed by atoms with E-state index in [4.69, 9.17) is 4.74 Å². The summed E-state index contributed by atoms with van der Waals surface area (Å²) in [6, 6.07) is 12.0. The van der Waals surface area contributed by atoms with Crippen molar-refractivity contribution in [2.24, 2.45) is 0 Å². The van der Waals surface area contributed by atoms with E-state index in [1.165, 1.54) is 6.08 Å². The highest BCUT2D eigenvalue weighted by Gasteiger charge is 2.36. The van der Waals surface area contributed by atoms with E-state index in [1.807, 2.05) is 41.6 Å². The Morgan fingerprint density at radius 2 is 1.90 bits per heavy atom. The van der Waals surface area contributed by atoms with Crippen LogP contribution in [0.25, 0.3) is 6.08 Å². The van der Waals surface area contributed by atoms with Gasteiger partial charge in [-0.3, -0.25) is 19.3 Å². The van der Waals surface area contributed by atoms with Gasteiger partial charge in [0.05, 0.1) is 14.4 Å². The topological polar surface area (TPSA) is 116 Å². The lowest BCUT2D eigenvalue weighted by Crippen LogP contribution is -2.36. The van der Waals surface area contributed by atoms with Gasteiger partial charge in [-0.25, -0.2) is 0 Å². The summed E-state index contributed by atoms with van der Waals surface area (Å²) in [5.74, 6) is -2.00. The number of thioether (sulfide) groups is 1. The Labute approximate surface area is 195 Å². The number of aliphatic carboxylic acids is 1. The van der Waals surface area contributed by atoms with Crippen LogP contribution in [0.5, 0.6) is 5.75 Å². The van der Waals surface area contributed by atoms with E-state index in [-0.39, 0.29) is 11.4 Å². The van der Waals surface area contributed by atoms with Crippen LogP contribution in [-0.2, 0) is 14.4 Å². The van der Waals surface area contributed by atoms with Crippen molar-refractivity contribution in [3.63, 3.8) is 0 Å². The second kappa shape index (κ2) is 9.96. The summed E-state index contributed by atoms with van der Waals surface area (Å²) in [5, 5.41) is 12.6. The summed E-state index contributed by atoms with van der Waals surface area (Å²) in [5.41, 5.74) is 2.25. The minimum Gasteiger partial charge on any atom is -0.546 e. The Morgan fingerprint density at radius 1 is 1.19 bits per heavy atom. The van der Waals surface area contributed by atoms with Crippen LogP contribution in [0.1, 0.15) is 11.1 Å². The van der Waals surface area contributed by atoms with Gasteiger partial charge in [0.15, 0.2) is 0 Å². The summed E-state index contributed by atoms with van der Waals surface area (Å²) in [4.78, 5) is 48.7. The monoisotopic (exact) mass is 551 g/mol. The molecule has 2 aromatic carbocycles. The van der Waals surface area contributed by atoms with Crippen molar-refractivity contribution in [1.29, 1.82) is 0 Å². The number of halogens is 1. The van der Waals surface area contributed by atoms with Gasteiger partial charge in [-0.05, 0) is 77.2 Å². The molecule has 2 aromatic rings. The Bertz CT molecular complexity index is 1080. The lowest BCUT2D eigenvalue weighted by molar-refractivity contribution is -0.307. The van der Waals surface area contributed by atoms with Gasteiger partial charge in [0.2, 0.25) is 5.91 Å². The predicted molar refractivity (Wildman–Crippen MR) is 122 cm³/mol. The molecule has 8 nitrogen and oxygen atoms in total. The number of hydrogen-bond donors (Lipinski definition) is 1. The molecular formula is C21H16IN2O6S-. The van der Waals surface area contributed by atoms with Gasteiger partial charge < -0.3 is 20.0 Å². The molecule has 0 bridgehead atoms. The molecule has 1 saturated heterocycles. The van der Waals surface area contributed by atoms with E-state index in [1.54, 1.807) is 30.3 Å². The Morgan fingerprint density at radius 3 is 2.55 bits per heavy atom. The summed E-state index contributed by atoms with van der Waals surface area (Å²) >= 11 is 2.72. The summed E-state index contributed by atoms with van der Waals surface area (Å²) in [6.45, 7) is 0.968. The molecule has 1 N–H and O–H groups in total. The zero-order valence-electron chi connectivity index (χ0n) is 16.2. The highest BCUT2D eigenvalue weighted by atomic mass is 127. The maximum Gasteiger partial charge on any atom is 0.294 e. The van der Waals surface area contributed by atoms with E-state index in [0.29, 0.717) is 20.6 Å². The molecule has 3 rings (SSSR count). The molecule has 0 saturated carbocycles. The molecule has 1 aliphatic heterocycles. The number of anilines is 1. The van der Waals surface area contributed by atoms with Gasteiger partial charge in [-0.2, -0.15) is 0 Å². The van der Waals surface area contributed by atoms with Crippen molar-refractivity contribution in [2.75, 3.05) is 18.5 Å². The maximum atomic E-state index is 12.6. The molecule has 160 valence electrons. The predicted octanol–water partition coefficient (Wildman–Crippen LogP) is 2.40. The fourth-order valence-corrected chi connectivity index (χ4v) is 4.16. The SMILES string of the molecule is Cc1ccc(NC(=O)CN2C(=O)S/C(=C\c3ccc(OCC(=O)[O-])c(I)c3)C2=O)cc1. The molecule has 0 spiro atoms. The fourth-order valence-electron chi connectivity index (χ4n) is 2.63. The number of rotatable bonds is 7. The van der Waals surface area contributed by atoms with E-state index < -0.39 is 29.6 Å². The van der Waals surface area contributed by atoms with Crippen LogP contribution in [0, 0.1) is 10.5 Å². The molecule has 3 amide bonds. The third-order valence-electron chi connectivity index (χ3n) is 4.11. The minimum atomic E-state index is -1.33. The average Bonchev–Trinajstić information content (AvgIpc) is 2.96. The molecule has 1 fully saturated rings. The molecule has 0 unspecified atom stereocenters. The first kappa shape index (κ1) is 22.8. The van der Waals surface area contributed by atoms with Crippen LogP contribution in [-0.4, -0.2) is 41.1 Å². The van der Waals surface area contributed by atoms with Crippen LogP contribution in [0.2, 0.25) is 0 Å². The molecule has 0 radical (unpaired) electrons. The lowest BCUT2D eigenvalue weighted by atomic mass is 10.2. The lowest BCUT2D eigenvalue weighted by Gasteiger charge is -2.12. The molecule has 31 heavy (non-hydrogen) atoms. The van der Waals surface area contributed by atoms with Crippen molar-refractivity contribution in [3.05, 3.63) is 62.1 Å². The van der Waals surface area contributed by atoms with Gasteiger partial charge in [0, 0.05) is 5.69 Å². The highest BCUT2D eigenvalue weighted by Crippen LogP contribution is 2.33. The molecular weight excluding hydrogens is 535 g/mol. The van der Waals surface area contributed by atoms with E-state index in [2.05, 4.69) is 5.32 Å². The van der Waals surface area contributed by atoms with E-state index in [9.17, 15) is 24.3 Å². The summed E-state index contributed by atoms with van der Waals surface area (Å²) in [6.07, 6.45) is 1.54.